The van der Waals surface area contributed by atoms with E-state index in [2.05, 4.69) is 0 Å². The Morgan fingerprint density at radius 2 is 1.75 bits per heavy atom. The molecule has 1 aliphatic carbocycles. The summed E-state index contributed by atoms with van der Waals surface area (Å²) in [7, 11) is 0. The van der Waals surface area contributed by atoms with Crippen molar-refractivity contribution in [3.05, 3.63) is 0 Å². The molecule has 1 saturated carbocycles. The maximum Gasteiger partial charge on any atom is 0.190 e. The Bertz CT molecular complexity index is 80.2. The Kier molecular flexibility index (Phi) is 1.96. The molecule has 1 aliphatic rings. The second-order valence-corrected chi connectivity index (χ2v) is 4.78. The Labute approximate surface area is 64.1 Å². The van der Waals surface area contributed by atoms with Crippen molar-refractivity contribution >= 4 is 34.8 Å². The summed E-state index contributed by atoms with van der Waals surface area (Å²) >= 11 is 16.5. The molecular formula is C5H7Cl3. The smallest absolute Gasteiger partial charge is 0.0837 e. The minimum Gasteiger partial charge on any atom is -0.0837 e. The van der Waals surface area contributed by atoms with E-state index in [4.69, 9.17) is 34.8 Å². The standard InChI is InChI=1S/C5H7Cl3/c6-5(7,8)3-4-1-2-4/h4H,1-3H2. The van der Waals surface area contributed by atoms with Gasteiger partial charge in [0.05, 0.1) is 0 Å². The van der Waals surface area contributed by atoms with Crippen molar-refractivity contribution in [1.82, 2.24) is 0 Å². The van der Waals surface area contributed by atoms with Crippen LogP contribution in [-0.2, 0) is 0 Å². The zero-order valence-corrected chi connectivity index (χ0v) is 6.60. The van der Waals surface area contributed by atoms with Crippen LogP contribution in [0, 0.1) is 5.92 Å². The molecule has 0 atom stereocenters. The van der Waals surface area contributed by atoms with Crippen LogP contribution in [0.15, 0.2) is 0 Å². The van der Waals surface area contributed by atoms with E-state index in [0.717, 1.165) is 6.42 Å². The molecule has 0 unspecified atom stereocenters. The van der Waals surface area contributed by atoms with Gasteiger partial charge in [-0.05, 0) is 12.3 Å². The lowest BCUT2D eigenvalue weighted by molar-refractivity contribution is 0.747. The molecule has 0 nitrogen and oxygen atoms in total. The largest absolute Gasteiger partial charge is 0.190 e. The summed E-state index contributed by atoms with van der Waals surface area (Å²) in [5.41, 5.74) is 0. The highest BCUT2D eigenvalue weighted by Crippen LogP contribution is 2.43. The van der Waals surface area contributed by atoms with Crippen LogP contribution in [0.4, 0.5) is 0 Å². The first kappa shape index (κ1) is 6.98. The third kappa shape index (κ3) is 3.01. The van der Waals surface area contributed by atoms with Crippen LogP contribution in [0.2, 0.25) is 0 Å². The molecule has 3 heteroatoms. The van der Waals surface area contributed by atoms with Crippen molar-refractivity contribution in [3.63, 3.8) is 0 Å². The first-order valence-corrected chi connectivity index (χ1v) is 3.78. The summed E-state index contributed by atoms with van der Waals surface area (Å²) in [6.45, 7) is 0. The van der Waals surface area contributed by atoms with Gasteiger partial charge in [-0.15, -0.1) is 0 Å². The molecule has 0 bridgehead atoms. The van der Waals surface area contributed by atoms with Crippen LogP contribution in [-0.4, -0.2) is 3.79 Å². The summed E-state index contributed by atoms with van der Waals surface area (Å²) in [5.74, 6) is 0.697. The monoisotopic (exact) mass is 172 g/mol. The second kappa shape index (κ2) is 2.24. The van der Waals surface area contributed by atoms with E-state index in [1.165, 1.54) is 12.8 Å². The van der Waals surface area contributed by atoms with E-state index < -0.39 is 3.79 Å². The SMILES string of the molecule is ClC(Cl)(Cl)CC1CC1. The van der Waals surface area contributed by atoms with Gasteiger partial charge in [-0.25, -0.2) is 0 Å². The fourth-order valence-corrected chi connectivity index (χ4v) is 1.30. The summed E-state index contributed by atoms with van der Waals surface area (Å²) in [5, 5.41) is 0. The van der Waals surface area contributed by atoms with Gasteiger partial charge in [0.2, 0.25) is 0 Å². The summed E-state index contributed by atoms with van der Waals surface area (Å²) in [6, 6.07) is 0. The molecule has 1 fully saturated rings. The molecule has 0 radical (unpaired) electrons. The average molecular weight is 173 g/mol. The molecule has 0 amide bonds. The van der Waals surface area contributed by atoms with Crippen molar-refractivity contribution in [3.8, 4) is 0 Å². The van der Waals surface area contributed by atoms with Crippen molar-refractivity contribution in [2.75, 3.05) is 0 Å². The Morgan fingerprint density at radius 3 is 1.88 bits per heavy atom. The molecule has 0 N–H and O–H groups in total. The van der Waals surface area contributed by atoms with Crippen molar-refractivity contribution in [1.29, 1.82) is 0 Å². The maximum absolute atomic E-state index is 5.50. The number of hydrogen-bond acceptors (Lipinski definition) is 0. The van der Waals surface area contributed by atoms with Crippen molar-refractivity contribution in [2.24, 2.45) is 5.92 Å². The van der Waals surface area contributed by atoms with Crippen LogP contribution >= 0.6 is 34.8 Å². The van der Waals surface area contributed by atoms with Gasteiger partial charge in [0.1, 0.15) is 0 Å². The minimum atomic E-state index is -0.999. The second-order valence-electron chi connectivity index (χ2n) is 2.26. The first-order chi connectivity index (χ1) is 3.58. The average Bonchev–Trinajstić information content (AvgIpc) is 2.12. The molecule has 0 saturated heterocycles. The van der Waals surface area contributed by atoms with Crippen LogP contribution in [0.25, 0.3) is 0 Å². The summed E-state index contributed by atoms with van der Waals surface area (Å²) in [4.78, 5) is 0. The van der Waals surface area contributed by atoms with Crippen LogP contribution in [0.5, 0.6) is 0 Å². The van der Waals surface area contributed by atoms with E-state index in [1.807, 2.05) is 0 Å². The van der Waals surface area contributed by atoms with Crippen molar-refractivity contribution in [2.45, 2.75) is 23.1 Å². The third-order valence-electron chi connectivity index (χ3n) is 1.22. The maximum atomic E-state index is 5.50. The van der Waals surface area contributed by atoms with E-state index in [0.29, 0.717) is 5.92 Å². The lowest BCUT2D eigenvalue weighted by Gasteiger charge is -2.07. The van der Waals surface area contributed by atoms with Gasteiger partial charge in [-0.3, -0.25) is 0 Å². The Hall–Kier alpha value is 0.870. The van der Waals surface area contributed by atoms with Crippen LogP contribution in [0.1, 0.15) is 19.3 Å². The lowest BCUT2D eigenvalue weighted by Crippen LogP contribution is -2.01. The molecule has 0 spiro atoms. The fraction of sp³-hybridized carbons (Fsp3) is 1.00. The molecular weight excluding hydrogens is 166 g/mol. The number of hydrogen-bond donors (Lipinski definition) is 0. The zero-order valence-electron chi connectivity index (χ0n) is 4.33. The Morgan fingerprint density at radius 1 is 1.25 bits per heavy atom. The molecule has 0 aromatic heterocycles. The highest BCUT2D eigenvalue weighted by molar-refractivity contribution is 6.67. The van der Waals surface area contributed by atoms with Gasteiger partial charge < -0.3 is 0 Å². The lowest BCUT2D eigenvalue weighted by atomic mass is 10.3. The van der Waals surface area contributed by atoms with Gasteiger partial charge >= 0.3 is 0 Å². The minimum absolute atomic E-state index is 0.697. The third-order valence-corrected chi connectivity index (χ3v) is 1.68. The molecule has 0 aliphatic heterocycles. The van der Waals surface area contributed by atoms with Gasteiger partial charge in [0, 0.05) is 0 Å². The first-order valence-electron chi connectivity index (χ1n) is 2.65. The van der Waals surface area contributed by atoms with Gasteiger partial charge in [-0.1, -0.05) is 47.6 Å². The fourth-order valence-electron chi connectivity index (χ4n) is 0.649. The molecule has 0 aromatic rings. The predicted octanol–water partition coefficient (Wildman–Crippen LogP) is 3.16. The van der Waals surface area contributed by atoms with E-state index in [-0.39, 0.29) is 0 Å². The highest BCUT2D eigenvalue weighted by Gasteiger charge is 2.31. The van der Waals surface area contributed by atoms with Crippen LogP contribution < -0.4 is 0 Å². The zero-order chi connectivity index (χ0) is 6.20. The molecule has 48 valence electrons. The highest BCUT2D eigenvalue weighted by atomic mass is 35.6. The van der Waals surface area contributed by atoms with Gasteiger partial charge in [0.25, 0.3) is 0 Å². The van der Waals surface area contributed by atoms with Crippen LogP contribution in [0.3, 0.4) is 0 Å². The van der Waals surface area contributed by atoms with Gasteiger partial charge in [-0.2, -0.15) is 0 Å². The van der Waals surface area contributed by atoms with E-state index in [1.54, 1.807) is 0 Å². The van der Waals surface area contributed by atoms with E-state index >= 15 is 0 Å². The number of halogens is 3. The van der Waals surface area contributed by atoms with E-state index in [9.17, 15) is 0 Å². The Balaban J connectivity index is 2.16. The molecule has 0 heterocycles. The molecule has 1 rings (SSSR count). The molecule has 0 aromatic carbocycles. The quantitative estimate of drug-likeness (QED) is 0.535. The van der Waals surface area contributed by atoms with Gasteiger partial charge in [0.15, 0.2) is 3.79 Å². The topological polar surface area (TPSA) is 0 Å². The number of alkyl halides is 3. The predicted molar refractivity (Wildman–Crippen MR) is 37.6 cm³/mol. The normalized spacial score (nSPS) is 21.4. The number of rotatable bonds is 1. The van der Waals surface area contributed by atoms with Crippen molar-refractivity contribution < 1.29 is 0 Å². The summed E-state index contributed by atoms with van der Waals surface area (Å²) < 4.78 is -0.999. The summed E-state index contributed by atoms with van der Waals surface area (Å²) in [6.07, 6.45) is 3.22. The molecule has 8 heavy (non-hydrogen) atoms.